The largest absolute Gasteiger partial charge is 0.336 e. The minimum absolute atomic E-state index is 0.0133. The number of benzene rings is 1. The molecule has 0 aliphatic carbocycles. The molecular weight excluding hydrogens is 304 g/mol. The van der Waals surface area contributed by atoms with E-state index in [-0.39, 0.29) is 17.6 Å². The van der Waals surface area contributed by atoms with Gasteiger partial charge in [-0.05, 0) is 30.7 Å². The van der Waals surface area contributed by atoms with Gasteiger partial charge in [0.15, 0.2) is 5.65 Å². The van der Waals surface area contributed by atoms with E-state index in [4.69, 9.17) is 0 Å². The number of carbonyl (C=O) groups excluding carboxylic acids is 1. The number of rotatable bonds is 2. The number of fused-ring (bicyclic) bond motifs is 1. The molecule has 3 aromatic rings. The molecule has 6 nitrogen and oxygen atoms in total. The van der Waals surface area contributed by atoms with Gasteiger partial charge in [0.1, 0.15) is 0 Å². The van der Waals surface area contributed by atoms with Crippen molar-refractivity contribution in [1.29, 1.82) is 0 Å². The van der Waals surface area contributed by atoms with Crippen LogP contribution >= 0.6 is 0 Å². The molecule has 1 saturated heterocycles. The first-order chi connectivity index (χ1) is 11.7. The van der Waals surface area contributed by atoms with Gasteiger partial charge in [-0.15, -0.1) is 0 Å². The third kappa shape index (κ3) is 2.22. The summed E-state index contributed by atoms with van der Waals surface area (Å²) in [5.74, 6) is 0.0133. The van der Waals surface area contributed by atoms with E-state index >= 15 is 0 Å². The summed E-state index contributed by atoms with van der Waals surface area (Å²) in [6.07, 6.45) is 2.45. The number of aromatic nitrogens is 3. The van der Waals surface area contributed by atoms with E-state index in [2.05, 4.69) is 4.98 Å². The molecule has 3 heterocycles. The molecule has 24 heavy (non-hydrogen) atoms. The molecule has 1 atom stereocenters. The number of pyridine rings is 1. The van der Waals surface area contributed by atoms with Crippen molar-refractivity contribution in [1.82, 2.24) is 19.0 Å². The lowest BCUT2D eigenvalue weighted by Gasteiger charge is -2.17. The van der Waals surface area contributed by atoms with Crippen LogP contribution in [0.3, 0.4) is 0 Å². The van der Waals surface area contributed by atoms with Crippen molar-refractivity contribution >= 4 is 17.1 Å². The minimum Gasteiger partial charge on any atom is -0.336 e. The van der Waals surface area contributed by atoms with Crippen molar-refractivity contribution in [2.24, 2.45) is 7.05 Å². The quantitative estimate of drug-likeness (QED) is 0.723. The second-order valence-corrected chi connectivity index (χ2v) is 6.12. The molecule has 122 valence electrons. The van der Waals surface area contributed by atoms with Crippen LogP contribution in [0.2, 0.25) is 0 Å². The highest BCUT2D eigenvalue weighted by molar-refractivity contribution is 5.94. The summed E-state index contributed by atoms with van der Waals surface area (Å²) in [4.78, 5) is 31.4. The Morgan fingerprint density at radius 1 is 1.17 bits per heavy atom. The van der Waals surface area contributed by atoms with Gasteiger partial charge in [0, 0.05) is 31.9 Å². The Kier molecular flexibility index (Phi) is 3.45. The molecule has 0 N–H and O–H groups in total. The lowest BCUT2D eigenvalue weighted by atomic mass is 10.2. The fourth-order valence-electron chi connectivity index (χ4n) is 3.42. The molecule has 1 aliphatic heterocycles. The molecule has 1 aliphatic rings. The van der Waals surface area contributed by atoms with Crippen LogP contribution < -0.4 is 5.69 Å². The summed E-state index contributed by atoms with van der Waals surface area (Å²) < 4.78 is 3.34. The van der Waals surface area contributed by atoms with Gasteiger partial charge in [0.2, 0.25) is 0 Å². The van der Waals surface area contributed by atoms with Crippen LogP contribution in [0.1, 0.15) is 22.8 Å². The summed E-state index contributed by atoms with van der Waals surface area (Å²) >= 11 is 0. The Morgan fingerprint density at radius 3 is 2.75 bits per heavy atom. The number of amides is 1. The van der Waals surface area contributed by atoms with Crippen LogP contribution in [0, 0.1) is 0 Å². The molecule has 0 unspecified atom stereocenters. The zero-order valence-electron chi connectivity index (χ0n) is 13.4. The van der Waals surface area contributed by atoms with Crippen molar-refractivity contribution in [2.75, 3.05) is 13.1 Å². The van der Waals surface area contributed by atoms with Crippen molar-refractivity contribution in [3.8, 4) is 0 Å². The normalized spacial score (nSPS) is 17.5. The van der Waals surface area contributed by atoms with Gasteiger partial charge in [-0.2, -0.15) is 0 Å². The maximum absolute atomic E-state index is 12.6. The monoisotopic (exact) mass is 322 g/mol. The summed E-state index contributed by atoms with van der Waals surface area (Å²) in [6.45, 7) is 1.18. The maximum atomic E-state index is 12.6. The lowest BCUT2D eigenvalue weighted by Crippen LogP contribution is -2.31. The predicted octanol–water partition coefficient (Wildman–Crippen LogP) is 1.82. The zero-order valence-corrected chi connectivity index (χ0v) is 13.4. The average Bonchev–Trinajstić information content (AvgIpc) is 3.19. The smallest absolute Gasteiger partial charge is 0.330 e. The maximum Gasteiger partial charge on any atom is 0.330 e. The van der Waals surface area contributed by atoms with Crippen LogP contribution in [0.4, 0.5) is 0 Å². The molecule has 0 bridgehead atoms. The van der Waals surface area contributed by atoms with E-state index in [0.29, 0.717) is 24.3 Å². The Bertz CT molecular complexity index is 958. The first-order valence-corrected chi connectivity index (χ1v) is 8.03. The molecule has 1 amide bonds. The third-order valence-electron chi connectivity index (χ3n) is 4.69. The number of aryl methyl sites for hydroxylation is 1. The fourth-order valence-corrected chi connectivity index (χ4v) is 3.42. The van der Waals surface area contributed by atoms with E-state index in [0.717, 1.165) is 11.9 Å². The fraction of sp³-hybridized carbons (Fsp3) is 0.278. The van der Waals surface area contributed by atoms with Gasteiger partial charge in [0.25, 0.3) is 5.91 Å². The molecule has 4 rings (SSSR count). The van der Waals surface area contributed by atoms with E-state index in [9.17, 15) is 9.59 Å². The van der Waals surface area contributed by atoms with E-state index in [1.807, 2.05) is 47.4 Å². The van der Waals surface area contributed by atoms with Crippen LogP contribution in [0.15, 0.2) is 53.5 Å². The first kappa shape index (κ1) is 14.7. The highest BCUT2D eigenvalue weighted by atomic mass is 16.2. The van der Waals surface area contributed by atoms with Gasteiger partial charge < -0.3 is 4.90 Å². The average molecular weight is 322 g/mol. The summed E-state index contributed by atoms with van der Waals surface area (Å²) in [5, 5.41) is 0. The number of hydrogen-bond donors (Lipinski definition) is 0. The van der Waals surface area contributed by atoms with Crippen molar-refractivity contribution in [2.45, 2.75) is 12.5 Å². The van der Waals surface area contributed by atoms with Crippen LogP contribution in [0.5, 0.6) is 0 Å². The Balaban J connectivity index is 1.66. The zero-order chi connectivity index (χ0) is 16.7. The molecule has 0 radical (unpaired) electrons. The SMILES string of the molecule is Cn1c(=O)n([C@@H]2CCN(C(=O)c3ccccc3)C2)c2ncccc21. The molecule has 2 aromatic heterocycles. The van der Waals surface area contributed by atoms with Gasteiger partial charge in [-0.1, -0.05) is 18.2 Å². The standard InChI is InChI=1S/C18H18N4O2/c1-20-15-8-5-10-19-16(15)22(18(20)24)14-9-11-21(12-14)17(23)13-6-3-2-4-7-13/h2-8,10,14H,9,11-12H2,1H3/t14-/m1/s1. The molecule has 1 aromatic carbocycles. The number of likely N-dealkylation sites (tertiary alicyclic amines) is 1. The van der Waals surface area contributed by atoms with Crippen LogP contribution in [0.25, 0.3) is 11.2 Å². The first-order valence-electron chi connectivity index (χ1n) is 8.03. The molecule has 6 heteroatoms. The van der Waals surface area contributed by atoms with Gasteiger partial charge in [-0.25, -0.2) is 9.78 Å². The number of imidazole rings is 1. The molecular formula is C18H18N4O2. The molecule has 0 saturated carbocycles. The topological polar surface area (TPSA) is 60.1 Å². The molecule has 0 spiro atoms. The number of nitrogens with zero attached hydrogens (tertiary/aromatic N) is 4. The van der Waals surface area contributed by atoms with E-state index in [1.165, 1.54) is 0 Å². The minimum atomic E-state index is -0.0808. The summed E-state index contributed by atoms with van der Waals surface area (Å²) in [6, 6.07) is 12.9. The van der Waals surface area contributed by atoms with Gasteiger partial charge in [-0.3, -0.25) is 13.9 Å². The highest BCUT2D eigenvalue weighted by Gasteiger charge is 2.30. The predicted molar refractivity (Wildman–Crippen MR) is 91.0 cm³/mol. The Hall–Kier alpha value is -2.89. The van der Waals surface area contributed by atoms with E-state index in [1.54, 1.807) is 22.4 Å². The Morgan fingerprint density at radius 2 is 1.96 bits per heavy atom. The van der Waals surface area contributed by atoms with Crippen molar-refractivity contribution < 1.29 is 4.79 Å². The Labute approximate surface area is 139 Å². The summed E-state index contributed by atoms with van der Waals surface area (Å²) in [5.41, 5.74) is 2.10. The number of carbonyl (C=O) groups is 1. The second-order valence-electron chi connectivity index (χ2n) is 6.12. The van der Waals surface area contributed by atoms with Crippen LogP contribution in [-0.4, -0.2) is 38.0 Å². The summed E-state index contributed by atoms with van der Waals surface area (Å²) in [7, 11) is 1.75. The van der Waals surface area contributed by atoms with Crippen molar-refractivity contribution in [3.63, 3.8) is 0 Å². The van der Waals surface area contributed by atoms with Crippen molar-refractivity contribution in [3.05, 3.63) is 64.7 Å². The van der Waals surface area contributed by atoms with E-state index < -0.39 is 0 Å². The third-order valence-corrected chi connectivity index (χ3v) is 4.69. The highest BCUT2D eigenvalue weighted by Crippen LogP contribution is 2.25. The number of hydrogen-bond acceptors (Lipinski definition) is 3. The lowest BCUT2D eigenvalue weighted by molar-refractivity contribution is 0.0787. The van der Waals surface area contributed by atoms with Gasteiger partial charge >= 0.3 is 5.69 Å². The molecule has 1 fully saturated rings. The second kappa shape index (κ2) is 5.63. The van der Waals surface area contributed by atoms with Gasteiger partial charge in [0.05, 0.1) is 11.6 Å². The van der Waals surface area contributed by atoms with Crippen LogP contribution in [-0.2, 0) is 7.05 Å².